The van der Waals surface area contributed by atoms with E-state index in [2.05, 4.69) is 56.1 Å². The molecule has 3 unspecified atom stereocenters. The Labute approximate surface area is 125 Å². The van der Waals surface area contributed by atoms with Gasteiger partial charge >= 0.3 is 0 Å². The zero-order valence-electron chi connectivity index (χ0n) is 12.8. The number of hydrogen-bond acceptors (Lipinski definition) is 2. The molecule has 0 amide bonds. The van der Waals surface area contributed by atoms with Gasteiger partial charge in [-0.05, 0) is 46.8 Å². The first-order valence-corrected chi connectivity index (χ1v) is 7.74. The molecule has 1 aromatic heterocycles. The van der Waals surface area contributed by atoms with Crippen molar-refractivity contribution in [3.05, 3.63) is 48.5 Å². The van der Waals surface area contributed by atoms with E-state index in [0.29, 0.717) is 5.41 Å². The van der Waals surface area contributed by atoms with Crippen molar-refractivity contribution in [3.8, 4) is 11.3 Å². The molecule has 0 bridgehead atoms. The Morgan fingerprint density at radius 1 is 1.19 bits per heavy atom. The van der Waals surface area contributed by atoms with E-state index in [1.807, 2.05) is 0 Å². The van der Waals surface area contributed by atoms with E-state index >= 15 is 0 Å². The Kier molecular flexibility index (Phi) is 2.66. The van der Waals surface area contributed by atoms with Crippen LogP contribution in [0.5, 0.6) is 0 Å². The lowest BCUT2D eigenvalue weighted by Gasteiger charge is -2.20. The van der Waals surface area contributed by atoms with Crippen LogP contribution in [0.1, 0.15) is 32.8 Å². The van der Waals surface area contributed by atoms with E-state index in [0.717, 1.165) is 29.1 Å². The molecule has 2 nitrogen and oxygen atoms in total. The molecule has 108 valence electrons. The van der Waals surface area contributed by atoms with Gasteiger partial charge in [0.25, 0.3) is 0 Å². The molecule has 2 aromatic rings. The number of fused-ring (bicyclic) bond motifs is 1. The summed E-state index contributed by atoms with van der Waals surface area (Å²) in [6.07, 6.45) is 7.00. The van der Waals surface area contributed by atoms with Gasteiger partial charge in [0.05, 0.1) is 6.20 Å². The van der Waals surface area contributed by atoms with Crippen LogP contribution >= 0.6 is 0 Å². The van der Waals surface area contributed by atoms with Gasteiger partial charge in [0.2, 0.25) is 0 Å². The number of hydrogen-bond donors (Lipinski definition) is 0. The van der Waals surface area contributed by atoms with Gasteiger partial charge in [0.1, 0.15) is 0 Å². The molecule has 1 heterocycles. The number of oxazole rings is 1. The molecule has 1 saturated carbocycles. The lowest BCUT2D eigenvalue weighted by Crippen LogP contribution is -2.11. The van der Waals surface area contributed by atoms with Crippen molar-refractivity contribution in [2.24, 2.45) is 23.2 Å². The maximum absolute atomic E-state index is 5.40. The molecule has 0 spiro atoms. The standard InChI is InChI=1S/C19H21NO/c1-19(2,3)18-15-8-14(9-16(15)18)12-5-4-6-13(7-12)17-10-20-11-21-17/h4-8,10-11,15-16,18H,9H2,1-3H3. The SMILES string of the molecule is CC(C)(C)C1C2C=C(c3cccc(-c4cnco4)c3)CC21. The normalized spacial score (nSPS) is 27.4. The fourth-order valence-corrected chi connectivity index (χ4v) is 4.11. The van der Waals surface area contributed by atoms with Crippen LogP contribution in [0.4, 0.5) is 0 Å². The first kappa shape index (κ1) is 12.9. The molecule has 0 radical (unpaired) electrons. The van der Waals surface area contributed by atoms with Crippen LogP contribution < -0.4 is 0 Å². The van der Waals surface area contributed by atoms with Gasteiger partial charge in [-0.15, -0.1) is 0 Å². The highest BCUT2D eigenvalue weighted by Crippen LogP contribution is 2.64. The third kappa shape index (κ3) is 2.14. The Bertz CT molecular complexity index is 691. The fourth-order valence-electron chi connectivity index (χ4n) is 4.11. The average Bonchev–Trinajstić information content (AvgIpc) is 2.88. The largest absolute Gasteiger partial charge is 0.444 e. The summed E-state index contributed by atoms with van der Waals surface area (Å²) >= 11 is 0. The lowest BCUT2D eigenvalue weighted by atomic mass is 9.85. The molecule has 1 aromatic carbocycles. The van der Waals surface area contributed by atoms with E-state index in [1.54, 1.807) is 6.20 Å². The maximum Gasteiger partial charge on any atom is 0.181 e. The first-order valence-electron chi connectivity index (χ1n) is 7.74. The van der Waals surface area contributed by atoms with E-state index in [9.17, 15) is 0 Å². The molecule has 21 heavy (non-hydrogen) atoms. The van der Waals surface area contributed by atoms with Crippen molar-refractivity contribution < 1.29 is 4.42 Å². The monoisotopic (exact) mass is 279 g/mol. The Balaban J connectivity index is 1.60. The number of allylic oxidation sites excluding steroid dienone is 2. The minimum absolute atomic E-state index is 0.444. The summed E-state index contributed by atoms with van der Waals surface area (Å²) in [6, 6.07) is 8.63. The zero-order valence-corrected chi connectivity index (χ0v) is 12.8. The van der Waals surface area contributed by atoms with Crippen LogP contribution in [-0.2, 0) is 0 Å². The third-order valence-electron chi connectivity index (χ3n) is 5.03. The van der Waals surface area contributed by atoms with Crippen molar-refractivity contribution in [3.63, 3.8) is 0 Å². The molecule has 2 heteroatoms. The molecule has 0 N–H and O–H groups in total. The van der Waals surface area contributed by atoms with Crippen molar-refractivity contribution in [1.29, 1.82) is 0 Å². The quantitative estimate of drug-likeness (QED) is 0.770. The van der Waals surface area contributed by atoms with Crippen LogP contribution in [0.3, 0.4) is 0 Å². The molecule has 3 atom stereocenters. The summed E-state index contributed by atoms with van der Waals surface area (Å²) in [5.74, 6) is 3.38. The van der Waals surface area contributed by atoms with Crippen molar-refractivity contribution in [2.75, 3.05) is 0 Å². The fraction of sp³-hybridized carbons (Fsp3) is 0.421. The minimum atomic E-state index is 0.444. The van der Waals surface area contributed by atoms with Crippen molar-refractivity contribution >= 4 is 5.57 Å². The van der Waals surface area contributed by atoms with Gasteiger partial charge in [-0.2, -0.15) is 0 Å². The van der Waals surface area contributed by atoms with E-state index in [-0.39, 0.29) is 0 Å². The molecule has 2 aliphatic rings. The van der Waals surface area contributed by atoms with E-state index < -0.39 is 0 Å². The molecule has 1 fully saturated rings. The first-order chi connectivity index (χ1) is 10.0. The number of benzene rings is 1. The van der Waals surface area contributed by atoms with Gasteiger partial charge in [-0.3, -0.25) is 0 Å². The van der Waals surface area contributed by atoms with Crippen LogP contribution in [-0.4, -0.2) is 4.98 Å². The van der Waals surface area contributed by atoms with Gasteiger partial charge in [-0.1, -0.05) is 45.0 Å². The predicted molar refractivity (Wildman–Crippen MR) is 84.5 cm³/mol. The topological polar surface area (TPSA) is 26.0 Å². The summed E-state index contributed by atoms with van der Waals surface area (Å²) in [5, 5.41) is 0. The Morgan fingerprint density at radius 3 is 2.62 bits per heavy atom. The summed E-state index contributed by atoms with van der Waals surface area (Å²) in [7, 11) is 0. The number of aromatic nitrogens is 1. The van der Waals surface area contributed by atoms with Gasteiger partial charge < -0.3 is 4.42 Å². The molecule has 0 aliphatic heterocycles. The highest BCUT2D eigenvalue weighted by Gasteiger charge is 2.56. The maximum atomic E-state index is 5.40. The van der Waals surface area contributed by atoms with E-state index in [4.69, 9.17) is 4.42 Å². The lowest BCUT2D eigenvalue weighted by molar-refractivity contribution is 0.322. The smallest absolute Gasteiger partial charge is 0.181 e. The van der Waals surface area contributed by atoms with Crippen LogP contribution in [0.15, 0.2) is 47.3 Å². The molecule has 2 aliphatic carbocycles. The second kappa shape index (κ2) is 4.33. The zero-order chi connectivity index (χ0) is 14.6. The molecular weight excluding hydrogens is 258 g/mol. The minimum Gasteiger partial charge on any atom is -0.444 e. The highest BCUT2D eigenvalue weighted by molar-refractivity contribution is 5.73. The Hall–Kier alpha value is -1.83. The van der Waals surface area contributed by atoms with Crippen molar-refractivity contribution in [1.82, 2.24) is 4.98 Å². The average molecular weight is 279 g/mol. The third-order valence-corrected chi connectivity index (χ3v) is 5.03. The summed E-state index contributed by atoms with van der Waals surface area (Å²) < 4.78 is 5.40. The second-order valence-corrected chi connectivity index (χ2v) is 7.48. The number of nitrogens with zero attached hydrogens (tertiary/aromatic N) is 1. The van der Waals surface area contributed by atoms with Gasteiger partial charge in [0.15, 0.2) is 12.2 Å². The Morgan fingerprint density at radius 2 is 2.00 bits per heavy atom. The van der Waals surface area contributed by atoms with Gasteiger partial charge in [-0.25, -0.2) is 4.98 Å². The van der Waals surface area contributed by atoms with Crippen LogP contribution in [0.2, 0.25) is 0 Å². The summed E-state index contributed by atoms with van der Waals surface area (Å²) in [5.41, 5.74) is 4.40. The summed E-state index contributed by atoms with van der Waals surface area (Å²) in [4.78, 5) is 4.00. The van der Waals surface area contributed by atoms with Crippen molar-refractivity contribution in [2.45, 2.75) is 27.2 Å². The van der Waals surface area contributed by atoms with Crippen LogP contribution in [0.25, 0.3) is 16.9 Å². The van der Waals surface area contributed by atoms with Gasteiger partial charge in [0, 0.05) is 5.56 Å². The molecular formula is C19H21NO. The molecule has 4 rings (SSSR count). The number of rotatable bonds is 2. The van der Waals surface area contributed by atoms with E-state index in [1.165, 1.54) is 24.0 Å². The van der Waals surface area contributed by atoms with Crippen LogP contribution in [0, 0.1) is 23.2 Å². The predicted octanol–water partition coefficient (Wildman–Crippen LogP) is 5.04. The second-order valence-electron chi connectivity index (χ2n) is 7.48. The summed E-state index contributed by atoms with van der Waals surface area (Å²) in [6.45, 7) is 7.11. The molecule has 0 saturated heterocycles. The highest BCUT2D eigenvalue weighted by atomic mass is 16.3.